The van der Waals surface area contributed by atoms with Gasteiger partial charge < -0.3 is 23.9 Å². The second kappa shape index (κ2) is 8.81. The second-order valence-corrected chi connectivity index (χ2v) is 8.60. The van der Waals surface area contributed by atoms with Gasteiger partial charge in [-0.1, -0.05) is 37.3 Å². The van der Waals surface area contributed by atoms with E-state index in [1.807, 2.05) is 48.7 Å². The molecule has 1 aliphatic carbocycles. The average Bonchev–Trinajstić information content (AvgIpc) is 3.48. The molecule has 1 aromatic carbocycles. The molecule has 33 heavy (non-hydrogen) atoms. The molecule has 1 spiro atoms. The van der Waals surface area contributed by atoms with Gasteiger partial charge in [0.2, 0.25) is 5.88 Å². The maximum Gasteiger partial charge on any atom is 0.254 e. The average molecular weight is 452 g/mol. The monoisotopic (exact) mass is 451 g/mol. The Morgan fingerprint density at radius 1 is 1.30 bits per heavy atom. The summed E-state index contributed by atoms with van der Waals surface area (Å²) in [5.41, 5.74) is 1.53. The number of fused-ring (bicyclic) bond motifs is 1. The van der Waals surface area contributed by atoms with Crippen molar-refractivity contribution >= 4 is 23.3 Å². The lowest BCUT2D eigenvalue weighted by molar-refractivity contribution is -0.111. The smallest absolute Gasteiger partial charge is 0.254 e. The highest BCUT2D eigenvalue weighted by atomic mass is 16.7. The molecule has 0 bridgehead atoms. The number of hydrogen-bond donors (Lipinski definition) is 1. The Kier molecular flexibility index (Phi) is 5.86. The molecule has 1 unspecified atom stereocenters. The lowest BCUT2D eigenvalue weighted by Gasteiger charge is -2.35. The van der Waals surface area contributed by atoms with Crippen LogP contribution in [0.2, 0.25) is 0 Å². The van der Waals surface area contributed by atoms with E-state index in [4.69, 9.17) is 14.2 Å². The zero-order chi connectivity index (χ0) is 23.0. The van der Waals surface area contributed by atoms with Gasteiger partial charge in [0.15, 0.2) is 17.5 Å². The van der Waals surface area contributed by atoms with Gasteiger partial charge in [-0.25, -0.2) is 9.98 Å². The Hall–Kier alpha value is -2.88. The lowest BCUT2D eigenvalue weighted by atomic mass is 9.86. The van der Waals surface area contributed by atoms with Gasteiger partial charge >= 0.3 is 0 Å². The third-order valence-corrected chi connectivity index (χ3v) is 6.67. The molecule has 9 nitrogen and oxygen atoms in total. The first-order valence-electron chi connectivity index (χ1n) is 11.4. The standard InChI is InChI=1S/C24H29N5O4/c1-4-17-18(30)11-19(24(17)13-32-15(3)33-24)29-14-26-20-21(29)27-23(25-5-2)28-22(20)31-12-16-9-7-6-8-10-16/h5-10,14-15,17-19,30H,4,11-13H2,1-3H3/b25-5+/t15?,17-,18+,19+,24+/m1/s1. The Morgan fingerprint density at radius 2 is 2.12 bits per heavy atom. The molecule has 2 aliphatic rings. The van der Waals surface area contributed by atoms with Crippen molar-refractivity contribution < 1.29 is 19.3 Å². The zero-order valence-electron chi connectivity index (χ0n) is 19.1. The highest BCUT2D eigenvalue weighted by Crippen LogP contribution is 2.52. The van der Waals surface area contributed by atoms with Crippen molar-refractivity contribution in [3.05, 3.63) is 42.2 Å². The van der Waals surface area contributed by atoms with Crippen molar-refractivity contribution in [3.8, 4) is 5.88 Å². The molecule has 1 aliphatic heterocycles. The number of aliphatic hydroxyl groups excluding tert-OH is 1. The van der Waals surface area contributed by atoms with Crippen LogP contribution in [-0.2, 0) is 16.1 Å². The summed E-state index contributed by atoms with van der Waals surface area (Å²) < 4.78 is 20.2. The van der Waals surface area contributed by atoms with Gasteiger partial charge in [0, 0.05) is 12.1 Å². The molecule has 9 heteroatoms. The van der Waals surface area contributed by atoms with E-state index in [9.17, 15) is 5.11 Å². The molecule has 2 fully saturated rings. The number of aromatic nitrogens is 4. The molecular formula is C24H29N5O4. The van der Waals surface area contributed by atoms with E-state index in [2.05, 4.69) is 26.9 Å². The molecule has 5 rings (SSSR count). The SMILES string of the molecule is C/C=N/c1nc(OCc2ccccc2)c2ncn([C@H]3C[C@H](O)[C@@H](CC)[C@@]34COC(C)O4)c2n1. The van der Waals surface area contributed by atoms with E-state index in [0.29, 0.717) is 42.6 Å². The third-order valence-electron chi connectivity index (χ3n) is 6.67. The third kappa shape index (κ3) is 3.80. The Balaban J connectivity index is 1.57. The topological polar surface area (TPSA) is 104 Å². The van der Waals surface area contributed by atoms with Gasteiger partial charge in [-0.3, -0.25) is 0 Å². The summed E-state index contributed by atoms with van der Waals surface area (Å²) >= 11 is 0. The van der Waals surface area contributed by atoms with E-state index in [-0.39, 0.29) is 18.2 Å². The Labute approximate surface area is 192 Å². The predicted molar refractivity (Wildman–Crippen MR) is 123 cm³/mol. The summed E-state index contributed by atoms with van der Waals surface area (Å²) in [6.07, 6.45) is 3.85. The number of benzene rings is 1. The zero-order valence-corrected chi connectivity index (χ0v) is 19.1. The van der Waals surface area contributed by atoms with Gasteiger partial charge in [0.1, 0.15) is 12.2 Å². The molecule has 3 heterocycles. The number of rotatable bonds is 6. The van der Waals surface area contributed by atoms with Crippen LogP contribution in [0.1, 0.15) is 45.2 Å². The van der Waals surface area contributed by atoms with Crippen molar-refractivity contribution in [1.82, 2.24) is 19.5 Å². The summed E-state index contributed by atoms with van der Waals surface area (Å²) in [5.74, 6) is 0.625. The molecule has 0 radical (unpaired) electrons. The maximum absolute atomic E-state index is 10.9. The molecule has 5 atom stereocenters. The van der Waals surface area contributed by atoms with E-state index in [1.165, 1.54) is 0 Å². The fraction of sp³-hybridized carbons (Fsp3) is 0.500. The number of aliphatic hydroxyl groups is 1. The van der Waals surface area contributed by atoms with Crippen LogP contribution in [0.25, 0.3) is 11.2 Å². The second-order valence-electron chi connectivity index (χ2n) is 8.60. The molecule has 1 N–H and O–H groups in total. The summed E-state index contributed by atoms with van der Waals surface area (Å²) in [6, 6.07) is 9.70. The molecule has 2 aromatic heterocycles. The van der Waals surface area contributed by atoms with E-state index in [0.717, 1.165) is 12.0 Å². The number of ether oxygens (including phenoxy) is 3. The molecule has 174 valence electrons. The minimum Gasteiger partial charge on any atom is -0.471 e. The molecule has 1 saturated carbocycles. The molecule has 0 amide bonds. The van der Waals surface area contributed by atoms with E-state index in [1.54, 1.807) is 12.5 Å². The minimum atomic E-state index is -0.647. The van der Waals surface area contributed by atoms with Gasteiger partial charge in [-0.05, 0) is 32.3 Å². The Morgan fingerprint density at radius 3 is 2.82 bits per heavy atom. The molecule has 1 saturated heterocycles. The molecular weight excluding hydrogens is 422 g/mol. The van der Waals surface area contributed by atoms with Crippen LogP contribution in [0.3, 0.4) is 0 Å². The van der Waals surface area contributed by atoms with E-state index < -0.39 is 11.7 Å². The number of aliphatic imine (C=N–C) groups is 1. The van der Waals surface area contributed by atoms with Crippen molar-refractivity contribution in [2.75, 3.05) is 6.61 Å². The van der Waals surface area contributed by atoms with Crippen molar-refractivity contribution in [2.45, 2.75) is 64.3 Å². The van der Waals surface area contributed by atoms with E-state index >= 15 is 0 Å². The van der Waals surface area contributed by atoms with Crippen LogP contribution in [0, 0.1) is 5.92 Å². The van der Waals surface area contributed by atoms with Crippen molar-refractivity contribution in [2.24, 2.45) is 10.9 Å². The van der Waals surface area contributed by atoms with Gasteiger partial charge in [-0.2, -0.15) is 9.97 Å². The summed E-state index contributed by atoms with van der Waals surface area (Å²) in [5, 5.41) is 10.9. The highest BCUT2D eigenvalue weighted by molar-refractivity contribution is 5.78. The maximum atomic E-state index is 10.9. The van der Waals surface area contributed by atoms with Crippen LogP contribution < -0.4 is 4.74 Å². The van der Waals surface area contributed by atoms with Gasteiger partial charge in [0.05, 0.1) is 25.1 Å². The number of imidazole rings is 1. The Bertz CT molecular complexity index is 1150. The van der Waals surface area contributed by atoms with Gasteiger partial charge in [0.25, 0.3) is 5.95 Å². The van der Waals surface area contributed by atoms with Gasteiger partial charge in [-0.15, -0.1) is 0 Å². The van der Waals surface area contributed by atoms with Crippen LogP contribution in [0.15, 0.2) is 41.7 Å². The fourth-order valence-electron chi connectivity index (χ4n) is 5.23. The molecule has 3 aromatic rings. The first kappa shape index (κ1) is 21.9. The predicted octanol–water partition coefficient (Wildman–Crippen LogP) is 3.59. The normalized spacial score (nSPS) is 29.6. The first-order valence-corrected chi connectivity index (χ1v) is 11.4. The lowest BCUT2D eigenvalue weighted by Crippen LogP contribution is -2.45. The number of nitrogens with zero attached hydrogens (tertiary/aromatic N) is 5. The fourth-order valence-corrected chi connectivity index (χ4v) is 5.23. The number of hydrogen-bond acceptors (Lipinski definition) is 8. The van der Waals surface area contributed by atoms with Crippen molar-refractivity contribution in [3.63, 3.8) is 0 Å². The van der Waals surface area contributed by atoms with Crippen LogP contribution in [0.4, 0.5) is 5.95 Å². The first-order chi connectivity index (χ1) is 16.1. The van der Waals surface area contributed by atoms with Crippen LogP contribution in [-0.4, -0.2) is 55.4 Å². The van der Waals surface area contributed by atoms with Crippen molar-refractivity contribution in [1.29, 1.82) is 0 Å². The summed E-state index contributed by atoms with van der Waals surface area (Å²) in [4.78, 5) is 18.1. The quantitative estimate of drug-likeness (QED) is 0.571. The van der Waals surface area contributed by atoms with Crippen LogP contribution >= 0.6 is 0 Å². The minimum absolute atomic E-state index is 0.0475. The van der Waals surface area contributed by atoms with Crippen LogP contribution in [0.5, 0.6) is 5.88 Å². The summed E-state index contributed by atoms with van der Waals surface area (Å²) in [7, 11) is 0. The highest BCUT2D eigenvalue weighted by Gasteiger charge is 2.59. The largest absolute Gasteiger partial charge is 0.471 e. The summed E-state index contributed by atoms with van der Waals surface area (Å²) in [6.45, 7) is 6.54.